The van der Waals surface area contributed by atoms with Crippen LogP contribution in [-0.2, 0) is 6.54 Å². The zero-order valence-electron chi connectivity index (χ0n) is 6.74. The monoisotopic (exact) mass is 203 g/mol. The highest BCUT2D eigenvalue weighted by atomic mass is 28.4. The molecule has 0 spiro atoms. The molecule has 6 heteroatoms. The third-order valence-corrected chi connectivity index (χ3v) is 2.09. The second-order valence-electron chi connectivity index (χ2n) is 2.62. The minimum atomic E-state index is -4.20. The van der Waals surface area contributed by atoms with Crippen LogP contribution in [0, 0.1) is 5.82 Å². The summed E-state index contributed by atoms with van der Waals surface area (Å²) in [4.78, 5) is 27.9. The molecule has 0 fully saturated rings. The van der Waals surface area contributed by atoms with Gasteiger partial charge in [0, 0.05) is 6.54 Å². The lowest BCUT2D eigenvalue weighted by Crippen LogP contribution is -2.51. The smallest absolute Gasteiger partial charge is 0.377 e. The number of halogens is 1. The summed E-state index contributed by atoms with van der Waals surface area (Å²) in [7, 11) is -4.20. The highest BCUT2D eigenvalue weighted by molar-refractivity contribution is 6.53. The molecule has 0 aliphatic rings. The first-order chi connectivity index (χ1) is 5.97. The third kappa shape index (κ3) is 4.11. The maximum Gasteiger partial charge on any atom is 0.588 e. The van der Waals surface area contributed by atoms with Crippen molar-refractivity contribution in [3.63, 3.8) is 0 Å². The predicted molar refractivity (Wildman–Crippen MR) is 45.7 cm³/mol. The number of nitrogens with one attached hydrogen (secondary N) is 1. The Bertz CT molecular complexity index is 272. The normalized spacial score (nSPS) is 11.7. The molecule has 13 heavy (non-hydrogen) atoms. The van der Waals surface area contributed by atoms with E-state index >= 15 is 0 Å². The van der Waals surface area contributed by atoms with Gasteiger partial charge in [0.15, 0.2) is 0 Å². The summed E-state index contributed by atoms with van der Waals surface area (Å²) >= 11 is 0. The van der Waals surface area contributed by atoms with Crippen LogP contribution in [0.3, 0.4) is 0 Å². The lowest BCUT2D eigenvalue weighted by molar-refractivity contribution is 0.208. The first-order valence-electron chi connectivity index (χ1n) is 3.64. The molecule has 0 atom stereocenters. The summed E-state index contributed by atoms with van der Waals surface area (Å²) in [5.74, 6) is -0.357. The Morgan fingerprint density at radius 1 is 1.15 bits per heavy atom. The van der Waals surface area contributed by atoms with E-state index in [-0.39, 0.29) is 12.4 Å². The van der Waals surface area contributed by atoms with Gasteiger partial charge in [-0.1, -0.05) is 12.1 Å². The van der Waals surface area contributed by atoms with E-state index in [1.165, 1.54) is 24.3 Å². The lowest BCUT2D eigenvalue weighted by atomic mass is 10.2. The fourth-order valence-electron chi connectivity index (χ4n) is 0.823. The van der Waals surface area contributed by atoms with Gasteiger partial charge in [-0.3, -0.25) is 4.98 Å². The largest absolute Gasteiger partial charge is 0.588 e. The van der Waals surface area contributed by atoms with Crippen LogP contribution in [0.4, 0.5) is 4.39 Å². The van der Waals surface area contributed by atoms with Crippen molar-refractivity contribution < 1.29 is 18.8 Å². The summed E-state index contributed by atoms with van der Waals surface area (Å²) in [6.07, 6.45) is 0. The summed E-state index contributed by atoms with van der Waals surface area (Å²) in [6, 6.07) is 5.49. The Balaban J connectivity index is 2.51. The van der Waals surface area contributed by atoms with Crippen molar-refractivity contribution >= 4 is 8.97 Å². The van der Waals surface area contributed by atoms with Crippen LogP contribution in [0.15, 0.2) is 24.3 Å². The molecule has 1 aromatic rings. The quantitative estimate of drug-likeness (QED) is 0.492. The fraction of sp³-hybridized carbons (Fsp3) is 0.143. The standard InChI is InChI=1S/C7H10FNO3Si/c8-7-3-1-6(2-4-7)5-9-13(10,11)12/h1-4,9-12H,5H2. The number of benzene rings is 1. The summed E-state index contributed by atoms with van der Waals surface area (Å²) in [5, 5.41) is 0. The van der Waals surface area contributed by atoms with E-state index < -0.39 is 8.97 Å². The maximum absolute atomic E-state index is 12.4. The van der Waals surface area contributed by atoms with Crippen LogP contribution in [-0.4, -0.2) is 23.4 Å². The van der Waals surface area contributed by atoms with Gasteiger partial charge in [-0.25, -0.2) is 4.39 Å². The van der Waals surface area contributed by atoms with Gasteiger partial charge in [0.2, 0.25) is 0 Å². The van der Waals surface area contributed by atoms with E-state index in [0.717, 1.165) is 0 Å². The zero-order chi connectivity index (χ0) is 9.90. The van der Waals surface area contributed by atoms with Gasteiger partial charge in [-0.05, 0) is 17.7 Å². The second-order valence-corrected chi connectivity index (χ2v) is 4.24. The highest BCUT2D eigenvalue weighted by Gasteiger charge is 2.26. The SMILES string of the molecule is O[Si](O)(O)NCc1ccc(F)cc1. The minimum absolute atomic E-state index is 0.0933. The molecule has 0 aliphatic heterocycles. The molecule has 0 saturated carbocycles. The number of hydrogen-bond acceptors (Lipinski definition) is 4. The maximum atomic E-state index is 12.4. The van der Waals surface area contributed by atoms with Crippen LogP contribution < -0.4 is 4.98 Å². The van der Waals surface area contributed by atoms with Gasteiger partial charge in [-0.2, -0.15) is 0 Å². The van der Waals surface area contributed by atoms with Crippen molar-refractivity contribution in [2.75, 3.05) is 0 Å². The molecular weight excluding hydrogens is 193 g/mol. The number of hydrogen-bond donors (Lipinski definition) is 4. The van der Waals surface area contributed by atoms with Crippen LogP contribution in [0.1, 0.15) is 5.56 Å². The van der Waals surface area contributed by atoms with Gasteiger partial charge in [0.05, 0.1) is 0 Å². The molecule has 0 heterocycles. The van der Waals surface area contributed by atoms with Gasteiger partial charge < -0.3 is 14.4 Å². The molecule has 72 valence electrons. The molecule has 4 nitrogen and oxygen atoms in total. The molecule has 0 saturated heterocycles. The zero-order valence-corrected chi connectivity index (χ0v) is 7.74. The summed E-state index contributed by atoms with van der Waals surface area (Å²) < 4.78 is 12.4. The first kappa shape index (κ1) is 10.3. The van der Waals surface area contributed by atoms with E-state index in [4.69, 9.17) is 14.4 Å². The van der Waals surface area contributed by atoms with Crippen LogP contribution in [0.2, 0.25) is 0 Å². The first-order valence-corrected chi connectivity index (χ1v) is 5.48. The molecule has 0 amide bonds. The highest BCUT2D eigenvalue weighted by Crippen LogP contribution is 2.02. The third-order valence-electron chi connectivity index (χ3n) is 1.44. The van der Waals surface area contributed by atoms with Gasteiger partial charge in [-0.15, -0.1) is 0 Å². The van der Waals surface area contributed by atoms with Crippen molar-refractivity contribution in [1.82, 2.24) is 4.98 Å². The average molecular weight is 203 g/mol. The Hall–Kier alpha value is -0.793. The second kappa shape index (κ2) is 3.94. The Morgan fingerprint density at radius 3 is 2.15 bits per heavy atom. The topological polar surface area (TPSA) is 72.7 Å². The van der Waals surface area contributed by atoms with Crippen molar-refractivity contribution in [2.45, 2.75) is 6.54 Å². The van der Waals surface area contributed by atoms with E-state index in [9.17, 15) is 4.39 Å². The summed E-state index contributed by atoms with van der Waals surface area (Å²) in [6.45, 7) is 0.0933. The fourth-order valence-corrected chi connectivity index (χ4v) is 1.26. The van der Waals surface area contributed by atoms with E-state index in [1.54, 1.807) is 0 Å². The van der Waals surface area contributed by atoms with Crippen molar-refractivity contribution in [3.8, 4) is 0 Å². The van der Waals surface area contributed by atoms with E-state index in [0.29, 0.717) is 5.56 Å². The lowest BCUT2D eigenvalue weighted by Gasteiger charge is -2.10. The Labute approximate surface area is 75.7 Å². The molecule has 0 aliphatic carbocycles. The molecule has 0 radical (unpaired) electrons. The van der Waals surface area contributed by atoms with E-state index in [1.807, 2.05) is 0 Å². The van der Waals surface area contributed by atoms with Crippen molar-refractivity contribution in [1.29, 1.82) is 0 Å². The summed E-state index contributed by atoms with van der Waals surface area (Å²) in [5.41, 5.74) is 0.662. The van der Waals surface area contributed by atoms with Crippen molar-refractivity contribution in [3.05, 3.63) is 35.6 Å². The number of rotatable bonds is 3. The van der Waals surface area contributed by atoms with E-state index in [2.05, 4.69) is 4.98 Å². The Kier molecular flexibility index (Phi) is 3.12. The molecule has 0 bridgehead atoms. The Morgan fingerprint density at radius 2 is 1.69 bits per heavy atom. The molecule has 0 unspecified atom stereocenters. The van der Waals surface area contributed by atoms with Crippen LogP contribution in [0.5, 0.6) is 0 Å². The van der Waals surface area contributed by atoms with Gasteiger partial charge in [0.25, 0.3) is 0 Å². The minimum Gasteiger partial charge on any atom is -0.377 e. The molecular formula is C7H10FNO3Si. The molecule has 0 aromatic heterocycles. The molecule has 1 rings (SSSR count). The van der Waals surface area contributed by atoms with Gasteiger partial charge >= 0.3 is 8.97 Å². The van der Waals surface area contributed by atoms with Crippen LogP contribution in [0.25, 0.3) is 0 Å². The average Bonchev–Trinajstić information content (AvgIpc) is 2.02. The molecule has 4 N–H and O–H groups in total. The predicted octanol–water partition coefficient (Wildman–Crippen LogP) is -0.672. The van der Waals surface area contributed by atoms with Crippen LogP contribution >= 0.6 is 0 Å². The van der Waals surface area contributed by atoms with Crippen molar-refractivity contribution in [2.24, 2.45) is 0 Å². The molecule has 1 aromatic carbocycles. The van der Waals surface area contributed by atoms with Gasteiger partial charge in [0.1, 0.15) is 5.82 Å².